The number of rotatable bonds is 19. The lowest BCUT2D eigenvalue weighted by molar-refractivity contribution is 0.268. The van der Waals surface area contributed by atoms with Crippen molar-refractivity contribution in [2.24, 2.45) is 11.7 Å². The molecule has 0 aliphatic rings. The minimum Gasteiger partial charge on any atom is -0.325 e. The lowest BCUT2D eigenvalue weighted by Crippen LogP contribution is -2.43. The molecule has 0 bridgehead atoms. The summed E-state index contributed by atoms with van der Waals surface area (Å²) in [6.07, 6.45) is 23.0. The van der Waals surface area contributed by atoms with Crippen LogP contribution in [-0.4, -0.2) is 5.54 Å². The first-order chi connectivity index (χ1) is 14.5. The van der Waals surface area contributed by atoms with Crippen LogP contribution in [0.4, 0.5) is 0 Å². The van der Waals surface area contributed by atoms with Crippen molar-refractivity contribution < 1.29 is 0 Å². The first kappa shape index (κ1) is 30.2. The predicted octanol–water partition coefficient (Wildman–Crippen LogP) is 9.60. The number of halogens is 1. The summed E-state index contributed by atoms with van der Waals surface area (Å²) in [4.78, 5) is 0. The Kier molecular flexibility index (Phi) is 18.3. The van der Waals surface area contributed by atoms with Crippen LogP contribution in [0.5, 0.6) is 0 Å². The van der Waals surface area contributed by atoms with Gasteiger partial charge in [0.25, 0.3) is 0 Å². The second-order valence-corrected chi connectivity index (χ2v) is 9.98. The highest BCUT2D eigenvalue weighted by Gasteiger charge is 2.31. The zero-order chi connectivity index (χ0) is 22.1. The van der Waals surface area contributed by atoms with Crippen LogP contribution in [-0.2, 0) is 0 Å². The van der Waals surface area contributed by atoms with Gasteiger partial charge in [0, 0.05) is 11.5 Å². The molecule has 0 saturated heterocycles. The Labute approximate surface area is 201 Å². The first-order valence-electron chi connectivity index (χ1n) is 13.0. The van der Waals surface area contributed by atoms with E-state index in [2.05, 4.69) is 63.8 Å². The fourth-order valence-corrected chi connectivity index (χ4v) is 4.78. The fourth-order valence-electron chi connectivity index (χ4n) is 4.78. The zero-order valence-electron chi connectivity index (χ0n) is 20.9. The molecule has 2 atom stereocenters. The quantitative estimate of drug-likeness (QED) is 0.165. The summed E-state index contributed by atoms with van der Waals surface area (Å²) in [6.45, 7) is 10.8. The predicted molar refractivity (Wildman–Crippen MR) is 143 cm³/mol. The van der Waals surface area contributed by atoms with Gasteiger partial charge in [0.15, 0.2) is 0 Å². The third-order valence-corrected chi connectivity index (χ3v) is 6.70. The highest BCUT2D eigenvalue weighted by molar-refractivity contribution is 5.85. The monoisotopic (exact) mass is 449 g/mol. The summed E-state index contributed by atoms with van der Waals surface area (Å²) < 4.78 is 0. The van der Waals surface area contributed by atoms with E-state index >= 15 is 0 Å². The molecule has 0 heterocycles. The van der Waals surface area contributed by atoms with Crippen LogP contribution in [0.15, 0.2) is 43.0 Å². The van der Waals surface area contributed by atoms with E-state index < -0.39 is 0 Å². The number of unbranched alkanes of at least 4 members (excludes halogenated alkanes) is 13. The summed E-state index contributed by atoms with van der Waals surface area (Å²) in [7, 11) is 0. The largest absolute Gasteiger partial charge is 0.325 e. The van der Waals surface area contributed by atoms with Gasteiger partial charge in [0.1, 0.15) is 0 Å². The molecule has 2 heteroatoms. The summed E-state index contributed by atoms with van der Waals surface area (Å²) in [6, 6.07) is 10.8. The minimum absolute atomic E-state index is 0. The van der Waals surface area contributed by atoms with E-state index in [1.165, 1.54) is 102 Å². The van der Waals surface area contributed by atoms with E-state index in [4.69, 9.17) is 5.73 Å². The number of hydrogen-bond acceptors (Lipinski definition) is 1. The average Bonchev–Trinajstić information content (AvgIpc) is 2.73. The summed E-state index contributed by atoms with van der Waals surface area (Å²) in [5.41, 5.74) is 7.76. The summed E-state index contributed by atoms with van der Waals surface area (Å²) >= 11 is 0. The average molecular weight is 450 g/mol. The highest BCUT2D eigenvalue weighted by Crippen LogP contribution is 2.36. The van der Waals surface area contributed by atoms with Gasteiger partial charge < -0.3 is 5.73 Å². The molecule has 0 saturated carbocycles. The van der Waals surface area contributed by atoms with E-state index in [9.17, 15) is 0 Å². The third-order valence-electron chi connectivity index (χ3n) is 6.70. The van der Waals surface area contributed by atoms with E-state index in [-0.39, 0.29) is 17.9 Å². The Hall–Kier alpha value is -0.790. The van der Waals surface area contributed by atoms with Gasteiger partial charge >= 0.3 is 0 Å². The molecule has 1 nitrogen and oxygen atoms in total. The molecule has 0 aliphatic carbocycles. The molecule has 0 radical (unpaired) electrons. The van der Waals surface area contributed by atoms with Gasteiger partial charge in [-0.15, -0.1) is 19.0 Å². The maximum absolute atomic E-state index is 6.60. The Balaban J connectivity index is 0.00000900. The molecule has 0 spiro atoms. The van der Waals surface area contributed by atoms with Gasteiger partial charge in [-0.2, -0.15) is 0 Å². The molecule has 0 aromatic heterocycles. The highest BCUT2D eigenvalue weighted by atomic mass is 35.5. The van der Waals surface area contributed by atoms with Crippen molar-refractivity contribution in [1.82, 2.24) is 0 Å². The van der Waals surface area contributed by atoms with Crippen LogP contribution < -0.4 is 5.73 Å². The molecule has 1 rings (SSSR count). The smallest absolute Gasteiger partial charge is 0.0134 e. The van der Waals surface area contributed by atoms with Gasteiger partial charge in [-0.05, 0) is 31.7 Å². The normalized spacial score (nSPS) is 13.4. The number of benzene rings is 1. The van der Waals surface area contributed by atoms with Gasteiger partial charge in [-0.1, -0.05) is 133 Å². The van der Waals surface area contributed by atoms with Crippen LogP contribution in [0.25, 0.3) is 0 Å². The molecular formula is C29H52ClN. The molecule has 180 valence electrons. The van der Waals surface area contributed by atoms with Crippen molar-refractivity contribution in [1.29, 1.82) is 0 Å². The van der Waals surface area contributed by atoms with Crippen LogP contribution in [0.3, 0.4) is 0 Å². The van der Waals surface area contributed by atoms with Crippen LogP contribution >= 0.6 is 12.4 Å². The second-order valence-electron chi connectivity index (χ2n) is 9.98. The Morgan fingerprint density at radius 3 is 1.58 bits per heavy atom. The lowest BCUT2D eigenvalue weighted by atomic mass is 9.72. The molecule has 2 N–H and O–H groups in total. The summed E-state index contributed by atoms with van der Waals surface area (Å²) in [5.74, 6) is 0.780. The maximum Gasteiger partial charge on any atom is 0.0134 e. The summed E-state index contributed by atoms with van der Waals surface area (Å²) in [5, 5.41) is 0. The zero-order valence-corrected chi connectivity index (χ0v) is 21.7. The number of hydrogen-bond donors (Lipinski definition) is 1. The Bertz CT molecular complexity index is 519. The van der Waals surface area contributed by atoms with Crippen molar-refractivity contribution in [2.75, 3.05) is 0 Å². The third kappa shape index (κ3) is 14.1. The van der Waals surface area contributed by atoms with Gasteiger partial charge in [-0.3, -0.25) is 0 Å². The Morgan fingerprint density at radius 2 is 1.19 bits per heavy atom. The van der Waals surface area contributed by atoms with E-state index in [1.807, 2.05) is 0 Å². The van der Waals surface area contributed by atoms with Crippen LogP contribution in [0, 0.1) is 5.92 Å². The van der Waals surface area contributed by atoms with Gasteiger partial charge in [0.2, 0.25) is 0 Å². The second kappa shape index (κ2) is 18.8. The molecule has 1 aromatic rings. The van der Waals surface area contributed by atoms with E-state index in [1.54, 1.807) is 0 Å². The standard InChI is InChI=1S/C29H51N.ClH/c1-5-7-8-9-10-11-12-13-14-15-16-17-18-22-25-28(29(3,4)30)27(6-2)26-23-20-19-21-24-26;/h6,19-21,23-24,27-28H,2,5,7-18,22,25,30H2,1,3-4H3;1H. The Morgan fingerprint density at radius 1 is 0.774 bits per heavy atom. The molecule has 0 fully saturated rings. The van der Waals surface area contributed by atoms with Crippen molar-refractivity contribution >= 4 is 12.4 Å². The van der Waals surface area contributed by atoms with E-state index in [0.29, 0.717) is 11.8 Å². The molecule has 0 amide bonds. The van der Waals surface area contributed by atoms with Crippen molar-refractivity contribution in [3.8, 4) is 0 Å². The molecule has 1 aromatic carbocycles. The minimum atomic E-state index is -0.189. The SMILES string of the molecule is C=CC(c1ccccc1)C(CCCCCCCCCCCCCCCC)C(C)(C)N.Cl. The first-order valence-corrected chi connectivity index (χ1v) is 13.0. The number of allylic oxidation sites excluding steroid dienone is 1. The molecule has 0 aliphatic heterocycles. The fraction of sp³-hybridized carbons (Fsp3) is 0.724. The van der Waals surface area contributed by atoms with Crippen molar-refractivity contribution in [2.45, 2.75) is 129 Å². The van der Waals surface area contributed by atoms with Crippen molar-refractivity contribution in [3.63, 3.8) is 0 Å². The topological polar surface area (TPSA) is 26.0 Å². The van der Waals surface area contributed by atoms with Gasteiger partial charge in [-0.25, -0.2) is 0 Å². The van der Waals surface area contributed by atoms with Crippen LogP contribution in [0.1, 0.15) is 129 Å². The molecule has 2 unspecified atom stereocenters. The lowest BCUT2D eigenvalue weighted by Gasteiger charge is -2.36. The van der Waals surface area contributed by atoms with Crippen molar-refractivity contribution in [3.05, 3.63) is 48.6 Å². The number of nitrogens with two attached hydrogens (primary N) is 1. The van der Waals surface area contributed by atoms with E-state index in [0.717, 1.165) is 0 Å². The molecular weight excluding hydrogens is 398 g/mol. The van der Waals surface area contributed by atoms with Crippen LogP contribution in [0.2, 0.25) is 0 Å². The maximum atomic E-state index is 6.60. The van der Waals surface area contributed by atoms with Gasteiger partial charge in [0.05, 0.1) is 0 Å². The molecule has 31 heavy (non-hydrogen) atoms.